The Kier molecular flexibility index (Phi) is 8.35. The number of nitrogens with two attached hydrogens (primary N) is 1. The third-order valence-corrected chi connectivity index (χ3v) is 4.08. The van der Waals surface area contributed by atoms with Gasteiger partial charge in [-0.3, -0.25) is 9.59 Å². The Labute approximate surface area is 170 Å². The van der Waals surface area contributed by atoms with Crippen LogP contribution in [0.25, 0.3) is 0 Å². The Balaban J connectivity index is 1.99. The predicted octanol–water partition coefficient (Wildman–Crippen LogP) is 1.29. The van der Waals surface area contributed by atoms with E-state index in [2.05, 4.69) is 25.9 Å². The van der Waals surface area contributed by atoms with Gasteiger partial charge in [-0.25, -0.2) is 9.97 Å². The van der Waals surface area contributed by atoms with Crippen LogP contribution in [0, 0.1) is 6.92 Å². The van der Waals surface area contributed by atoms with Crippen LogP contribution in [0.5, 0.6) is 5.75 Å². The maximum Gasteiger partial charge on any atom is 0.271 e. The number of nitrogens with one attached hydrogen (secondary N) is 3. The molecule has 1 heterocycles. The van der Waals surface area contributed by atoms with Crippen molar-refractivity contribution in [3.8, 4) is 5.75 Å². The van der Waals surface area contributed by atoms with Gasteiger partial charge in [0, 0.05) is 18.3 Å². The summed E-state index contributed by atoms with van der Waals surface area (Å²) < 4.78 is 5.73. The third kappa shape index (κ3) is 6.72. The van der Waals surface area contributed by atoms with E-state index >= 15 is 0 Å². The molecule has 2 rings (SSSR count). The summed E-state index contributed by atoms with van der Waals surface area (Å²) in [5.74, 6) is 0.292. The number of aromatic nitrogens is 2. The Morgan fingerprint density at radius 1 is 1.24 bits per heavy atom. The van der Waals surface area contributed by atoms with Crippen molar-refractivity contribution < 1.29 is 14.3 Å². The largest absolute Gasteiger partial charge is 0.493 e. The molecular formula is C20H28N6O3. The number of rotatable bonds is 11. The van der Waals surface area contributed by atoms with Crippen LogP contribution in [0.4, 0.5) is 11.5 Å². The molecule has 1 aromatic carbocycles. The lowest BCUT2D eigenvalue weighted by atomic mass is 10.2. The number of carbonyl (C=O) groups is 2. The number of aryl methyl sites for hydroxylation is 2. The van der Waals surface area contributed by atoms with Crippen molar-refractivity contribution in [1.82, 2.24) is 20.6 Å². The number of benzene rings is 1. The Bertz CT molecular complexity index is 856. The molecule has 0 aliphatic rings. The quantitative estimate of drug-likeness (QED) is 0.418. The minimum absolute atomic E-state index is 0.0468. The van der Waals surface area contributed by atoms with Crippen LogP contribution in [0.2, 0.25) is 0 Å². The number of ether oxygens (including phenoxy) is 1. The number of likely N-dealkylation sites (N-methyl/N-ethyl adjacent to an activating group) is 1. The summed E-state index contributed by atoms with van der Waals surface area (Å²) >= 11 is 0. The molecule has 9 heteroatoms. The number of hydrogen-bond acceptors (Lipinski definition) is 7. The van der Waals surface area contributed by atoms with E-state index < -0.39 is 5.91 Å². The van der Waals surface area contributed by atoms with Crippen molar-refractivity contribution >= 4 is 23.3 Å². The molecule has 9 nitrogen and oxygen atoms in total. The highest BCUT2D eigenvalue weighted by Gasteiger charge is 2.15. The monoisotopic (exact) mass is 400 g/mol. The highest BCUT2D eigenvalue weighted by atomic mass is 16.5. The van der Waals surface area contributed by atoms with Crippen molar-refractivity contribution in [2.45, 2.75) is 26.7 Å². The normalized spacial score (nSPS) is 10.4. The zero-order chi connectivity index (χ0) is 21.2. The van der Waals surface area contributed by atoms with Gasteiger partial charge >= 0.3 is 0 Å². The van der Waals surface area contributed by atoms with Crippen molar-refractivity contribution in [3.63, 3.8) is 0 Å². The van der Waals surface area contributed by atoms with Crippen LogP contribution in [0.3, 0.4) is 0 Å². The van der Waals surface area contributed by atoms with E-state index in [0.29, 0.717) is 49.8 Å². The van der Waals surface area contributed by atoms with Gasteiger partial charge in [0.25, 0.3) is 5.91 Å². The predicted molar refractivity (Wildman–Crippen MR) is 111 cm³/mol. The summed E-state index contributed by atoms with van der Waals surface area (Å²) in [6, 6.07) is 7.29. The number of amides is 2. The molecule has 0 saturated carbocycles. The molecule has 0 radical (unpaired) electrons. The Morgan fingerprint density at radius 2 is 2.03 bits per heavy atom. The van der Waals surface area contributed by atoms with E-state index in [1.165, 1.54) is 0 Å². The van der Waals surface area contributed by atoms with E-state index in [-0.39, 0.29) is 11.6 Å². The summed E-state index contributed by atoms with van der Waals surface area (Å²) in [5, 5.41) is 8.68. The second-order valence-electron chi connectivity index (χ2n) is 6.41. The van der Waals surface area contributed by atoms with Gasteiger partial charge in [-0.15, -0.1) is 0 Å². The second kappa shape index (κ2) is 11.0. The fourth-order valence-corrected chi connectivity index (χ4v) is 2.66. The standard InChI is InChI=1S/C20H28N6O3/c1-4-16-13(2)24-20(18(26-16)19(21)28)25-14-7-5-8-15(11-14)29-10-6-9-23-17(27)12-22-3/h5,7-8,11,22H,4,6,9-10,12H2,1-3H3,(H2,21,28)(H,23,27)(H,24,25). The van der Waals surface area contributed by atoms with E-state index in [0.717, 1.165) is 11.4 Å². The molecule has 0 unspecified atom stereocenters. The van der Waals surface area contributed by atoms with Crippen LogP contribution in [0.15, 0.2) is 24.3 Å². The molecule has 0 saturated heterocycles. The molecule has 156 valence electrons. The SMILES string of the molecule is CCc1nc(C(N)=O)c(Nc2cccc(OCCCNC(=O)CNC)c2)nc1C. The van der Waals surface area contributed by atoms with Crippen molar-refractivity contribution in [2.24, 2.45) is 5.73 Å². The van der Waals surface area contributed by atoms with Gasteiger partial charge in [0.1, 0.15) is 5.75 Å². The molecule has 2 amide bonds. The molecular weight excluding hydrogens is 372 g/mol. The molecule has 0 fully saturated rings. The van der Waals surface area contributed by atoms with Crippen LogP contribution in [-0.4, -0.2) is 48.5 Å². The lowest BCUT2D eigenvalue weighted by Gasteiger charge is -2.13. The molecule has 2 aromatic rings. The first kappa shape index (κ1) is 22.1. The summed E-state index contributed by atoms with van der Waals surface area (Å²) in [6.45, 7) is 5.08. The highest BCUT2D eigenvalue weighted by Crippen LogP contribution is 2.23. The van der Waals surface area contributed by atoms with Gasteiger partial charge in [0.15, 0.2) is 11.5 Å². The fraction of sp³-hybridized carbons (Fsp3) is 0.400. The first-order valence-corrected chi connectivity index (χ1v) is 9.53. The minimum Gasteiger partial charge on any atom is -0.493 e. The van der Waals surface area contributed by atoms with Crippen molar-refractivity contribution in [1.29, 1.82) is 0 Å². The van der Waals surface area contributed by atoms with Gasteiger partial charge in [-0.1, -0.05) is 13.0 Å². The number of carbonyl (C=O) groups excluding carboxylic acids is 2. The smallest absolute Gasteiger partial charge is 0.271 e. The van der Waals surface area contributed by atoms with E-state index in [4.69, 9.17) is 10.5 Å². The molecule has 1 aromatic heterocycles. The van der Waals surface area contributed by atoms with Gasteiger partial charge in [-0.2, -0.15) is 0 Å². The maximum absolute atomic E-state index is 11.8. The number of nitrogens with zero attached hydrogens (tertiary/aromatic N) is 2. The lowest BCUT2D eigenvalue weighted by molar-refractivity contribution is -0.120. The zero-order valence-corrected chi connectivity index (χ0v) is 17.0. The van der Waals surface area contributed by atoms with Gasteiger partial charge < -0.3 is 26.4 Å². The van der Waals surface area contributed by atoms with Gasteiger partial charge in [0.05, 0.1) is 24.5 Å². The third-order valence-electron chi connectivity index (χ3n) is 4.08. The molecule has 0 aliphatic carbocycles. The van der Waals surface area contributed by atoms with Crippen LogP contribution in [0.1, 0.15) is 35.2 Å². The van der Waals surface area contributed by atoms with E-state index in [1.807, 2.05) is 32.0 Å². The first-order chi connectivity index (χ1) is 13.9. The van der Waals surface area contributed by atoms with Crippen molar-refractivity contribution in [2.75, 3.05) is 32.1 Å². The highest BCUT2D eigenvalue weighted by molar-refractivity contribution is 5.96. The Morgan fingerprint density at radius 3 is 2.72 bits per heavy atom. The lowest BCUT2D eigenvalue weighted by Crippen LogP contribution is -2.33. The van der Waals surface area contributed by atoms with Crippen molar-refractivity contribution in [3.05, 3.63) is 41.3 Å². The molecule has 0 aliphatic heterocycles. The fourth-order valence-electron chi connectivity index (χ4n) is 2.66. The summed E-state index contributed by atoms with van der Waals surface area (Å²) in [6.07, 6.45) is 1.35. The second-order valence-corrected chi connectivity index (χ2v) is 6.41. The summed E-state index contributed by atoms with van der Waals surface area (Å²) in [4.78, 5) is 31.9. The molecule has 29 heavy (non-hydrogen) atoms. The first-order valence-electron chi connectivity index (χ1n) is 9.53. The van der Waals surface area contributed by atoms with Gasteiger partial charge in [-0.05, 0) is 38.9 Å². The number of primary amides is 1. The average molecular weight is 400 g/mol. The van der Waals surface area contributed by atoms with Crippen LogP contribution in [-0.2, 0) is 11.2 Å². The molecule has 0 bridgehead atoms. The molecule has 0 spiro atoms. The molecule has 5 N–H and O–H groups in total. The van der Waals surface area contributed by atoms with E-state index in [9.17, 15) is 9.59 Å². The summed E-state index contributed by atoms with van der Waals surface area (Å²) in [7, 11) is 1.72. The van der Waals surface area contributed by atoms with E-state index in [1.54, 1.807) is 13.1 Å². The minimum atomic E-state index is -0.637. The topological polar surface area (TPSA) is 131 Å². The average Bonchev–Trinajstić information content (AvgIpc) is 2.68. The van der Waals surface area contributed by atoms with Gasteiger partial charge in [0.2, 0.25) is 5.91 Å². The maximum atomic E-state index is 11.8. The van der Waals surface area contributed by atoms with Crippen LogP contribution < -0.4 is 26.4 Å². The van der Waals surface area contributed by atoms with Crippen LogP contribution >= 0.6 is 0 Å². The number of anilines is 2. The summed E-state index contributed by atoms with van der Waals surface area (Å²) in [5.41, 5.74) is 7.76. The zero-order valence-electron chi connectivity index (χ0n) is 17.0. The number of hydrogen-bond donors (Lipinski definition) is 4. The molecule has 0 atom stereocenters. The Hall–Kier alpha value is -3.20.